The maximum Gasteiger partial charge on any atom is 0.334 e. The van der Waals surface area contributed by atoms with Crippen LogP contribution in [0.1, 0.15) is 29.7 Å². The number of aromatic nitrogens is 3. The SMILES string of the molecule is CSCCn1ccc2cc(-n3c(=O)[nH]c4sc5c(c4c3=O)CCCCC5)ccc21. The van der Waals surface area contributed by atoms with Crippen LogP contribution in [-0.4, -0.2) is 26.1 Å². The number of nitrogens with one attached hydrogen (secondary N) is 1. The zero-order chi connectivity index (χ0) is 20.0. The summed E-state index contributed by atoms with van der Waals surface area (Å²) in [6, 6.07) is 7.88. The summed E-state index contributed by atoms with van der Waals surface area (Å²) >= 11 is 3.40. The predicted molar refractivity (Wildman–Crippen MR) is 123 cm³/mol. The molecule has 1 aliphatic carbocycles. The number of aromatic amines is 1. The van der Waals surface area contributed by atoms with E-state index in [-0.39, 0.29) is 11.2 Å². The van der Waals surface area contributed by atoms with E-state index in [1.165, 1.54) is 15.9 Å². The van der Waals surface area contributed by atoms with Crippen molar-refractivity contribution in [3.8, 4) is 5.69 Å². The molecule has 0 spiro atoms. The molecule has 3 aromatic heterocycles. The number of rotatable bonds is 4. The number of benzene rings is 1. The van der Waals surface area contributed by atoms with E-state index in [0.29, 0.717) is 11.1 Å². The van der Waals surface area contributed by atoms with Gasteiger partial charge in [-0.25, -0.2) is 9.36 Å². The first-order valence-corrected chi connectivity index (χ1v) is 12.3. The van der Waals surface area contributed by atoms with Crippen molar-refractivity contribution < 1.29 is 0 Å². The number of thiophene rings is 1. The van der Waals surface area contributed by atoms with Gasteiger partial charge in [0.2, 0.25) is 0 Å². The molecule has 0 fully saturated rings. The predicted octanol–water partition coefficient (Wildman–Crippen LogP) is 4.33. The molecule has 0 amide bonds. The van der Waals surface area contributed by atoms with Crippen molar-refractivity contribution in [2.24, 2.45) is 0 Å². The molecule has 0 aliphatic heterocycles. The summed E-state index contributed by atoms with van der Waals surface area (Å²) in [5, 5.41) is 1.75. The quantitative estimate of drug-likeness (QED) is 0.495. The third kappa shape index (κ3) is 3.16. The molecule has 0 radical (unpaired) electrons. The maximum absolute atomic E-state index is 13.4. The molecule has 0 saturated heterocycles. The van der Waals surface area contributed by atoms with Crippen LogP contribution in [0, 0.1) is 0 Å². The zero-order valence-electron chi connectivity index (χ0n) is 16.4. The lowest BCUT2D eigenvalue weighted by Crippen LogP contribution is -2.33. The smallest absolute Gasteiger partial charge is 0.334 e. The highest BCUT2D eigenvalue weighted by Gasteiger charge is 2.20. The summed E-state index contributed by atoms with van der Waals surface area (Å²) in [5.74, 6) is 1.05. The molecule has 29 heavy (non-hydrogen) atoms. The molecular weight excluding hydrogens is 402 g/mol. The summed E-state index contributed by atoms with van der Waals surface area (Å²) in [6.45, 7) is 0.942. The van der Waals surface area contributed by atoms with E-state index in [1.54, 1.807) is 11.3 Å². The van der Waals surface area contributed by atoms with Crippen molar-refractivity contribution in [1.82, 2.24) is 14.1 Å². The highest BCUT2D eigenvalue weighted by atomic mass is 32.2. The van der Waals surface area contributed by atoms with Gasteiger partial charge in [-0.2, -0.15) is 11.8 Å². The minimum Gasteiger partial charge on any atom is -0.347 e. The van der Waals surface area contributed by atoms with Gasteiger partial charge in [0.05, 0.1) is 11.1 Å². The third-order valence-electron chi connectivity index (χ3n) is 5.81. The molecule has 4 aromatic rings. The Morgan fingerprint density at radius 2 is 2.00 bits per heavy atom. The molecule has 1 aromatic carbocycles. The molecule has 150 valence electrons. The van der Waals surface area contributed by atoms with E-state index < -0.39 is 0 Å². The van der Waals surface area contributed by atoms with Crippen LogP contribution in [0.2, 0.25) is 0 Å². The number of thioether (sulfide) groups is 1. The summed E-state index contributed by atoms with van der Waals surface area (Å²) in [5.41, 5.74) is 2.35. The van der Waals surface area contributed by atoms with Crippen LogP contribution in [0.25, 0.3) is 26.8 Å². The average molecular weight is 426 g/mol. The van der Waals surface area contributed by atoms with E-state index in [4.69, 9.17) is 0 Å². The number of aryl methyl sites for hydroxylation is 3. The lowest BCUT2D eigenvalue weighted by molar-refractivity contribution is 0.713. The molecule has 0 saturated carbocycles. The Balaban J connectivity index is 1.67. The molecular formula is C22H23N3O2S2. The van der Waals surface area contributed by atoms with Gasteiger partial charge in [0.25, 0.3) is 5.56 Å². The second kappa shape index (κ2) is 7.54. The van der Waals surface area contributed by atoms with Gasteiger partial charge in [0.1, 0.15) is 4.83 Å². The largest absolute Gasteiger partial charge is 0.347 e. The molecule has 7 heteroatoms. The van der Waals surface area contributed by atoms with E-state index in [1.807, 2.05) is 36.0 Å². The molecule has 0 bridgehead atoms. The van der Waals surface area contributed by atoms with Crippen LogP contribution >= 0.6 is 23.1 Å². The van der Waals surface area contributed by atoms with Crippen molar-refractivity contribution in [1.29, 1.82) is 0 Å². The highest BCUT2D eigenvalue weighted by molar-refractivity contribution is 7.98. The first-order valence-electron chi connectivity index (χ1n) is 10.0. The first-order chi connectivity index (χ1) is 14.2. The second-order valence-corrected chi connectivity index (χ2v) is 9.68. The maximum atomic E-state index is 13.4. The number of H-pyrrole nitrogens is 1. The van der Waals surface area contributed by atoms with Crippen LogP contribution in [0.4, 0.5) is 0 Å². The van der Waals surface area contributed by atoms with Crippen molar-refractivity contribution in [3.05, 3.63) is 61.7 Å². The summed E-state index contributed by atoms with van der Waals surface area (Å²) in [6.07, 6.45) is 9.56. The Morgan fingerprint density at radius 3 is 2.86 bits per heavy atom. The number of fused-ring (bicyclic) bond motifs is 4. The van der Waals surface area contributed by atoms with Gasteiger partial charge in [0, 0.05) is 34.3 Å². The summed E-state index contributed by atoms with van der Waals surface area (Å²) in [7, 11) is 0. The van der Waals surface area contributed by atoms with E-state index in [2.05, 4.69) is 22.0 Å². The van der Waals surface area contributed by atoms with Gasteiger partial charge in [-0.1, -0.05) is 6.42 Å². The van der Waals surface area contributed by atoms with Crippen LogP contribution in [-0.2, 0) is 19.4 Å². The van der Waals surface area contributed by atoms with Crippen molar-refractivity contribution in [2.45, 2.75) is 38.6 Å². The fourth-order valence-electron chi connectivity index (χ4n) is 4.36. The Morgan fingerprint density at radius 1 is 1.14 bits per heavy atom. The third-order valence-corrected chi connectivity index (χ3v) is 7.61. The van der Waals surface area contributed by atoms with Gasteiger partial charge in [0.15, 0.2) is 0 Å². The van der Waals surface area contributed by atoms with Gasteiger partial charge >= 0.3 is 5.69 Å². The minimum atomic E-state index is -0.361. The number of nitrogens with zero attached hydrogens (tertiary/aromatic N) is 2. The topological polar surface area (TPSA) is 59.8 Å². The first kappa shape index (κ1) is 18.8. The zero-order valence-corrected chi connectivity index (χ0v) is 18.0. The molecule has 0 atom stereocenters. The standard InChI is InChI=1S/C22H23N3O2S2/c1-28-12-11-24-10-9-14-13-15(7-8-17(14)24)25-21(26)19-16-5-3-2-4-6-18(16)29-20(19)23-22(25)27/h7-10,13H,2-6,11-12H2,1H3,(H,23,27). The summed E-state index contributed by atoms with van der Waals surface area (Å²) in [4.78, 5) is 31.2. The Labute approximate surface area is 176 Å². The van der Waals surface area contributed by atoms with Gasteiger partial charge in [-0.05, 0) is 61.8 Å². The fourth-order valence-corrected chi connectivity index (χ4v) is 6.01. The van der Waals surface area contributed by atoms with Crippen LogP contribution in [0.5, 0.6) is 0 Å². The van der Waals surface area contributed by atoms with E-state index in [9.17, 15) is 9.59 Å². The van der Waals surface area contributed by atoms with E-state index in [0.717, 1.165) is 59.3 Å². The number of hydrogen-bond acceptors (Lipinski definition) is 4. The van der Waals surface area contributed by atoms with Crippen LogP contribution < -0.4 is 11.2 Å². The van der Waals surface area contributed by atoms with Gasteiger partial charge < -0.3 is 4.57 Å². The lowest BCUT2D eigenvalue weighted by atomic mass is 10.1. The van der Waals surface area contributed by atoms with Crippen LogP contribution in [0.3, 0.4) is 0 Å². The lowest BCUT2D eigenvalue weighted by Gasteiger charge is -2.08. The Hall–Kier alpha value is -2.25. The molecule has 3 heterocycles. The highest BCUT2D eigenvalue weighted by Crippen LogP contribution is 2.32. The van der Waals surface area contributed by atoms with Crippen molar-refractivity contribution in [2.75, 3.05) is 12.0 Å². The minimum absolute atomic E-state index is 0.190. The number of hydrogen-bond donors (Lipinski definition) is 1. The normalized spacial score (nSPS) is 14.4. The molecule has 0 unspecified atom stereocenters. The fraction of sp³-hybridized carbons (Fsp3) is 0.364. The summed E-state index contributed by atoms with van der Waals surface area (Å²) < 4.78 is 3.52. The average Bonchev–Trinajstić information content (AvgIpc) is 3.19. The van der Waals surface area contributed by atoms with Crippen LogP contribution in [0.15, 0.2) is 40.1 Å². The molecule has 5 rings (SSSR count). The van der Waals surface area contributed by atoms with E-state index >= 15 is 0 Å². The molecule has 5 nitrogen and oxygen atoms in total. The molecule has 1 aliphatic rings. The second-order valence-electron chi connectivity index (χ2n) is 7.58. The Bertz CT molecular complexity index is 1330. The monoisotopic (exact) mass is 425 g/mol. The van der Waals surface area contributed by atoms with Crippen molar-refractivity contribution >= 4 is 44.2 Å². The molecule has 1 N–H and O–H groups in total. The van der Waals surface area contributed by atoms with Gasteiger partial charge in [-0.15, -0.1) is 11.3 Å². The van der Waals surface area contributed by atoms with Gasteiger partial charge in [-0.3, -0.25) is 9.78 Å². The van der Waals surface area contributed by atoms with Crippen molar-refractivity contribution in [3.63, 3.8) is 0 Å². The Kier molecular flexibility index (Phi) is 4.87.